The lowest BCUT2D eigenvalue weighted by molar-refractivity contribution is -0.704. The van der Waals surface area contributed by atoms with Crippen LogP contribution < -0.4 is 15.0 Å². The van der Waals surface area contributed by atoms with Crippen LogP contribution in [0.5, 0.6) is 0 Å². The third-order valence-electron chi connectivity index (χ3n) is 6.87. The van der Waals surface area contributed by atoms with Gasteiger partial charge in [0.1, 0.15) is 37.6 Å². The van der Waals surface area contributed by atoms with E-state index in [1.165, 1.54) is 27.8 Å². The Balaban J connectivity index is 0.000000696. The highest BCUT2D eigenvalue weighted by atomic mass is 16.5. The summed E-state index contributed by atoms with van der Waals surface area (Å²) in [5.41, 5.74) is 7.62. The molecule has 1 atom stereocenters. The summed E-state index contributed by atoms with van der Waals surface area (Å²) in [4.78, 5) is 18.7. The zero-order valence-electron chi connectivity index (χ0n) is 24.7. The Hall–Kier alpha value is -4.23. The fourth-order valence-corrected chi connectivity index (χ4v) is 4.42. The lowest BCUT2D eigenvalue weighted by Crippen LogP contribution is -2.36. The third-order valence-corrected chi connectivity index (χ3v) is 6.87. The Kier molecular flexibility index (Phi) is 11.9. The van der Waals surface area contributed by atoms with Gasteiger partial charge in [-0.2, -0.15) is 0 Å². The molecular weight excluding hydrogens is 514 g/mol. The van der Waals surface area contributed by atoms with Gasteiger partial charge in [-0.15, -0.1) is 0 Å². The maximum absolute atomic E-state index is 9.48. The number of carbonyl (C=O) groups excluding carboxylic acids is 2. The summed E-state index contributed by atoms with van der Waals surface area (Å²) in [6, 6.07) is 25.7. The molecule has 7 nitrogen and oxygen atoms in total. The van der Waals surface area contributed by atoms with Crippen molar-refractivity contribution in [3.8, 4) is 0 Å². The average molecular weight is 556 g/mol. The minimum absolute atomic E-state index is 0.0292. The summed E-state index contributed by atoms with van der Waals surface area (Å²) in [6.07, 6.45) is 6.43. The number of rotatable bonds is 12. The van der Waals surface area contributed by atoms with Gasteiger partial charge in [-0.1, -0.05) is 74.5 Å². The van der Waals surface area contributed by atoms with Crippen molar-refractivity contribution in [2.45, 2.75) is 66.3 Å². The number of nitrogens with zero attached hydrogens (tertiary/aromatic N) is 2. The minimum Gasteiger partial charge on any atom is -0.542 e. The van der Waals surface area contributed by atoms with Crippen LogP contribution in [0.2, 0.25) is 0 Å². The van der Waals surface area contributed by atoms with Gasteiger partial charge in [-0.3, -0.25) is 4.79 Å². The van der Waals surface area contributed by atoms with Crippen molar-refractivity contribution >= 4 is 17.4 Å². The van der Waals surface area contributed by atoms with Gasteiger partial charge in [0.25, 0.3) is 0 Å². The van der Waals surface area contributed by atoms with Crippen molar-refractivity contribution < 1.29 is 24.0 Å². The fourth-order valence-electron chi connectivity index (χ4n) is 4.42. The number of ether oxygens (including phenoxy) is 1. The summed E-state index contributed by atoms with van der Waals surface area (Å²) >= 11 is 0. The molecular formula is C34H41N3O4. The molecule has 0 bridgehead atoms. The molecule has 4 rings (SSSR count). The normalized spacial score (nSPS) is 11.5. The van der Waals surface area contributed by atoms with E-state index in [0.717, 1.165) is 32.2 Å². The smallest absolute Gasteiger partial charge is 0.243 e. The molecule has 0 saturated heterocycles. The number of hydrogen-bond acceptors (Lipinski definition) is 5. The van der Waals surface area contributed by atoms with Gasteiger partial charge in [0.05, 0.1) is 13.2 Å². The van der Waals surface area contributed by atoms with E-state index in [0.29, 0.717) is 12.5 Å². The molecule has 1 heterocycles. The van der Waals surface area contributed by atoms with E-state index in [1.54, 1.807) is 0 Å². The highest BCUT2D eigenvalue weighted by Crippen LogP contribution is 2.28. The maximum Gasteiger partial charge on any atom is 0.243 e. The van der Waals surface area contributed by atoms with Crippen LogP contribution in [0.25, 0.3) is 0 Å². The lowest BCUT2D eigenvalue weighted by atomic mass is 9.94. The standard InChI is InChI=1S/C31H38N3O.C3H4O3/c1-24(2)29-12-8-9-13-30(29)31(35-22-27-15-14-25(3)26(4)20-27)21-34-19-18-33(23-34)17-16-32-28-10-6-5-7-11-28;1-2(4)3(5)6/h5-15,18-20,23-24,31-32H,16-17,21-22H2,1-4H3;1H3,(H,5,6)/q+1;/p-1. The van der Waals surface area contributed by atoms with E-state index >= 15 is 0 Å². The van der Waals surface area contributed by atoms with Crippen molar-refractivity contribution in [3.05, 3.63) is 119 Å². The second-order valence-corrected chi connectivity index (χ2v) is 10.5. The van der Waals surface area contributed by atoms with Crippen LogP contribution in [-0.2, 0) is 34.0 Å². The number of ketones is 1. The third kappa shape index (κ3) is 10.0. The molecule has 3 aromatic carbocycles. The number of carboxylic acids is 1. The molecule has 7 heteroatoms. The number of imidazole rings is 1. The number of carbonyl (C=O) groups is 2. The van der Waals surface area contributed by atoms with Gasteiger partial charge in [0.2, 0.25) is 6.33 Å². The zero-order chi connectivity index (χ0) is 29.8. The summed E-state index contributed by atoms with van der Waals surface area (Å²) < 4.78 is 11.1. The van der Waals surface area contributed by atoms with Crippen LogP contribution in [-0.4, -0.2) is 22.9 Å². The molecule has 0 radical (unpaired) electrons. The Morgan fingerprint density at radius 3 is 2.24 bits per heavy atom. The van der Waals surface area contributed by atoms with Crippen LogP contribution in [0.4, 0.5) is 5.69 Å². The van der Waals surface area contributed by atoms with E-state index in [9.17, 15) is 14.7 Å². The van der Waals surface area contributed by atoms with Gasteiger partial charge in [-0.05, 0) is 59.7 Å². The van der Waals surface area contributed by atoms with Crippen LogP contribution in [0.15, 0.2) is 91.5 Å². The fraction of sp³-hybridized carbons (Fsp3) is 0.324. The molecule has 0 amide bonds. The monoisotopic (exact) mass is 555 g/mol. The second kappa shape index (κ2) is 15.5. The van der Waals surface area contributed by atoms with E-state index in [1.807, 2.05) is 6.07 Å². The molecule has 1 unspecified atom stereocenters. The van der Waals surface area contributed by atoms with Crippen molar-refractivity contribution in [3.63, 3.8) is 0 Å². The van der Waals surface area contributed by atoms with Gasteiger partial charge >= 0.3 is 0 Å². The first kappa shape index (κ1) is 31.3. The molecule has 0 aliphatic rings. The maximum atomic E-state index is 9.48. The molecule has 1 N–H and O–H groups in total. The summed E-state index contributed by atoms with van der Waals surface area (Å²) in [5, 5.41) is 12.7. The molecule has 216 valence electrons. The van der Waals surface area contributed by atoms with Gasteiger partial charge in [-0.25, -0.2) is 9.13 Å². The predicted molar refractivity (Wildman–Crippen MR) is 159 cm³/mol. The Morgan fingerprint density at radius 1 is 0.951 bits per heavy atom. The molecule has 0 spiro atoms. The number of anilines is 1. The van der Waals surface area contributed by atoms with Crippen LogP contribution in [0.3, 0.4) is 0 Å². The Labute approximate surface area is 243 Å². The van der Waals surface area contributed by atoms with Gasteiger partial charge < -0.3 is 20.0 Å². The highest BCUT2D eigenvalue weighted by Gasteiger charge is 2.21. The Morgan fingerprint density at radius 2 is 1.61 bits per heavy atom. The number of aliphatic carboxylic acids is 1. The average Bonchev–Trinajstić information content (AvgIpc) is 3.40. The molecule has 41 heavy (non-hydrogen) atoms. The summed E-state index contributed by atoms with van der Waals surface area (Å²) in [6.45, 7) is 12.9. The van der Waals surface area contributed by atoms with Crippen LogP contribution in [0, 0.1) is 13.8 Å². The molecule has 0 fully saturated rings. The van der Waals surface area contributed by atoms with Gasteiger partial charge in [0, 0.05) is 12.6 Å². The van der Waals surface area contributed by atoms with E-state index in [2.05, 4.69) is 128 Å². The van der Waals surface area contributed by atoms with Gasteiger partial charge in [0.15, 0.2) is 5.78 Å². The summed E-state index contributed by atoms with van der Waals surface area (Å²) in [7, 11) is 0. The minimum atomic E-state index is -1.63. The van der Waals surface area contributed by atoms with E-state index in [4.69, 9.17) is 4.74 Å². The van der Waals surface area contributed by atoms with Crippen molar-refractivity contribution in [2.75, 3.05) is 11.9 Å². The molecule has 1 aromatic heterocycles. The molecule has 4 aromatic rings. The number of aromatic nitrogens is 2. The van der Waals surface area contributed by atoms with Crippen molar-refractivity contribution in [1.29, 1.82) is 0 Å². The quantitative estimate of drug-likeness (QED) is 0.198. The van der Waals surface area contributed by atoms with Crippen molar-refractivity contribution in [2.24, 2.45) is 0 Å². The van der Waals surface area contributed by atoms with Crippen LogP contribution >= 0.6 is 0 Å². The first-order chi connectivity index (χ1) is 19.6. The molecule has 0 aliphatic carbocycles. The summed E-state index contributed by atoms with van der Waals surface area (Å²) in [5.74, 6) is -2.12. The largest absolute Gasteiger partial charge is 0.542 e. The number of nitrogens with one attached hydrogen (secondary N) is 1. The number of hydrogen-bond donors (Lipinski definition) is 1. The SMILES string of the molecule is CC(=O)C(=O)[O-].Cc1ccc(COC(C[n+]2ccn(CCNc3ccccc3)c2)c2ccccc2C(C)C)cc1C. The number of para-hydroxylation sites is 1. The first-order valence-electron chi connectivity index (χ1n) is 14.0. The zero-order valence-corrected chi connectivity index (χ0v) is 24.7. The number of Topliss-reactive ketones (excluding diaryl/α,β-unsaturated/α-hetero) is 1. The molecule has 0 aliphatic heterocycles. The van der Waals surface area contributed by atoms with Crippen LogP contribution in [0.1, 0.15) is 60.6 Å². The van der Waals surface area contributed by atoms with E-state index < -0.39 is 11.8 Å². The predicted octanol–water partition coefficient (Wildman–Crippen LogP) is 4.91. The Bertz CT molecular complexity index is 1400. The molecule has 0 saturated carbocycles. The highest BCUT2D eigenvalue weighted by molar-refractivity contribution is 6.30. The topological polar surface area (TPSA) is 87.3 Å². The van der Waals surface area contributed by atoms with E-state index in [-0.39, 0.29) is 6.10 Å². The lowest BCUT2D eigenvalue weighted by Gasteiger charge is -2.22. The number of carboxylic acid groups (broad SMARTS) is 1. The first-order valence-corrected chi connectivity index (χ1v) is 14.0. The second-order valence-electron chi connectivity index (χ2n) is 10.5. The number of aryl methyl sites for hydroxylation is 2. The van der Waals surface area contributed by atoms with Crippen molar-refractivity contribution in [1.82, 2.24) is 4.57 Å². The number of benzene rings is 3.